The topological polar surface area (TPSA) is 38.5 Å². The molecule has 1 aliphatic carbocycles. The van der Waals surface area contributed by atoms with Gasteiger partial charge in [-0.15, -0.1) is 0 Å². The Labute approximate surface area is 129 Å². The van der Waals surface area contributed by atoms with E-state index < -0.39 is 0 Å². The van der Waals surface area contributed by atoms with Gasteiger partial charge in [-0.25, -0.2) is 0 Å². The van der Waals surface area contributed by atoms with Gasteiger partial charge in [0.15, 0.2) is 0 Å². The number of fused-ring (bicyclic) bond motifs is 1. The van der Waals surface area contributed by atoms with Crippen molar-refractivity contribution in [2.45, 2.75) is 59.1 Å². The van der Waals surface area contributed by atoms with Crippen LogP contribution in [-0.4, -0.2) is 42.8 Å². The van der Waals surface area contributed by atoms with E-state index in [4.69, 9.17) is 10.5 Å². The standard InChI is InChI=1S/C18H32N2O/c1-16(2,3)13-6-9-20(10-7-13)12-18(19)14-8-11-21-15(14)17(18,4)5/h6,14-15H,7-12,19H2,1-5H3. The Morgan fingerprint density at radius 3 is 2.67 bits per heavy atom. The van der Waals surface area contributed by atoms with Gasteiger partial charge in [0.05, 0.1) is 6.10 Å². The summed E-state index contributed by atoms with van der Waals surface area (Å²) in [6, 6.07) is 0. The van der Waals surface area contributed by atoms with Crippen LogP contribution in [0.2, 0.25) is 0 Å². The molecule has 2 heterocycles. The molecule has 3 nitrogen and oxygen atoms in total. The van der Waals surface area contributed by atoms with Crippen molar-refractivity contribution in [3.8, 4) is 0 Å². The monoisotopic (exact) mass is 292 g/mol. The number of hydrogen-bond acceptors (Lipinski definition) is 3. The zero-order valence-corrected chi connectivity index (χ0v) is 14.4. The van der Waals surface area contributed by atoms with Gasteiger partial charge in [-0.05, 0) is 18.3 Å². The molecule has 0 spiro atoms. The molecule has 3 heteroatoms. The van der Waals surface area contributed by atoms with Crippen LogP contribution in [0.25, 0.3) is 0 Å². The van der Waals surface area contributed by atoms with Gasteiger partial charge in [-0.1, -0.05) is 46.3 Å². The molecule has 3 atom stereocenters. The number of ether oxygens (including phenoxy) is 1. The fraction of sp³-hybridized carbons (Fsp3) is 0.889. The molecule has 120 valence electrons. The SMILES string of the molecule is CC(C)(C)C1=CCN(CC2(N)C3CCOC3C2(C)C)CC1. The van der Waals surface area contributed by atoms with Crippen LogP contribution in [0, 0.1) is 16.7 Å². The highest BCUT2D eigenvalue weighted by Crippen LogP contribution is 2.58. The lowest BCUT2D eigenvalue weighted by molar-refractivity contribution is -0.162. The van der Waals surface area contributed by atoms with Gasteiger partial charge in [0.25, 0.3) is 0 Å². The van der Waals surface area contributed by atoms with Crippen LogP contribution < -0.4 is 5.73 Å². The van der Waals surface area contributed by atoms with Crippen molar-refractivity contribution in [3.05, 3.63) is 11.6 Å². The summed E-state index contributed by atoms with van der Waals surface area (Å²) < 4.78 is 5.90. The fourth-order valence-corrected chi connectivity index (χ4v) is 4.70. The molecule has 2 fully saturated rings. The quantitative estimate of drug-likeness (QED) is 0.795. The number of nitrogens with zero attached hydrogens (tertiary/aromatic N) is 1. The van der Waals surface area contributed by atoms with Crippen LogP contribution in [0.5, 0.6) is 0 Å². The molecular weight excluding hydrogens is 260 g/mol. The van der Waals surface area contributed by atoms with Crippen LogP contribution >= 0.6 is 0 Å². The summed E-state index contributed by atoms with van der Waals surface area (Å²) in [6.07, 6.45) is 5.14. The summed E-state index contributed by atoms with van der Waals surface area (Å²) in [5.74, 6) is 0.556. The van der Waals surface area contributed by atoms with Gasteiger partial charge in [-0.2, -0.15) is 0 Å². The third-order valence-corrected chi connectivity index (χ3v) is 6.41. The van der Waals surface area contributed by atoms with Crippen molar-refractivity contribution in [2.24, 2.45) is 22.5 Å². The molecule has 0 radical (unpaired) electrons. The molecule has 0 amide bonds. The Morgan fingerprint density at radius 1 is 1.38 bits per heavy atom. The first-order chi connectivity index (χ1) is 9.66. The Balaban J connectivity index is 1.67. The van der Waals surface area contributed by atoms with E-state index in [-0.39, 0.29) is 11.0 Å². The summed E-state index contributed by atoms with van der Waals surface area (Å²) in [6.45, 7) is 15.6. The van der Waals surface area contributed by atoms with Gasteiger partial charge in [0, 0.05) is 43.1 Å². The molecule has 0 aromatic carbocycles. The van der Waals surface area contributed by atoms with Crippen molar-refractivity contribution in [3.63, 3.8) is 0 Å². The lowest BCUT2D eigenvalue weighted by Crippen LogP contribution is -2.78. The second kappa shape index (κ2) is 4.81. The normalized spacial score (nSPS) is 39.6. The first kappa shape index (κ1) is 15.5. The number of hydrogen-bond donors (Lipinski definition) is 1. The van der Waals surface area contributed by atoms with Crippen LogP contribution in [0.3, 0.4) is 0 Å². The minimum absolute atomic E-state index is 0.0821. The Bertz CT molecular complexity index is 449. The second-order valence-electron chi connectivity index (χ2n) is 8.91. The summed E-state index contributed by atoms with van der Waals surface area (Å²) in [4.78, 5) is 2.55. The van der Waals surface area contributed by atoms with E-state index in [1.165, 1.54) is 6.42 Å². The predicted octanol–water partition coefficient (Wildman–Crippen LogP) is 2.81. The van der Waals surface area contributed by atoms with Gasteiger partial charge < -0.3 is 10.5 Å². The molecule has 3 rings (SSSR count). The van der Waals surface area contributed by atoms with Gasteiger partial charge >= 0.3 is 0 Å². The predicted molar refractivity (Wildman–Crippen MR) is 87.1 cm³/mol. The van der Waals surface area contributed by atoms with E-state index in [0.717, 1.165) is 32.7 Å². The van der Waals surface area contributed by atoms with E-state index in [2.05, 4.69) is 45.6 Å². The van der Waals surface area contributed by atoms with E-state index in [1.54, 1.807) is 5.57 Å². The van der Waals surface area contributed by atoms with Crippen molar-refractivity contribution in [1.82, 2.24) is 4.90 Å². The molecule has 3 aliphatic rings. The summed E-state index contributed by atoms with van der Waals surface area (Å²) in [5.41, 5.74) is 8.80. The fourth-order valence-electron chi connectivity index (χ4n) is 4.70. The minimum Gasteiger partial charge on any atom is -0.377 e. The minimum atomic E-state index is -0.0821. The van der Waals surface area contributed by atoms with Gasteiger partial charge in [-0.3, -0.25) is 4.90 Å². The third-order valence-electron chi connectivity index (χ3n) is 6.41. The van der Waals surface area contributed by atoms with E-state index >= 15 is 0 Å². The van der Waals surface area contributed by atoms with Crippen LogP contribution in [0.1, 0.15) is 47.5 Å². The molecular formula is C18H32N2O. The Hall–Kier alpha value is -0.380. The van der Waals surface area contributed by atoms with Gasteiger partial charge in [0.2, 0.25) is 0 Å². The zero-order valence-electron chi connectivity index (χ0n) is 14.4. The first-order valence-electron chi connectivity index (χ1n) is 8.48. The second-order valence-corrected chi connectivity index (χ2v) is 8.91. The molecule has 0 bridgehead atoms. The smallest absolute Gasteiger partial charge is 0.0691 e. The van der Waals surface area contributed by atoms with Crippen molar-refractivity contribution >= 4 is 0 Å². The van der Waals surface area contributed by atoms with Gasteiger partial charge in [0.1, 0.15) is 0 Å². The van der Waals surface area contributed by atoms with E-state index in [1.807, 2.05) is 0 Å². The average Bonchev–Trinajstić information content (AvgIpc) is 2.86. The Kier molecular flexibility index (Phi) is 3.55. The van der Waals surface area contributed by atoms with E-state index in [9.17, 15) is 0 Å². The summed E-state index contributed by atoms with van der Waals surface area (Å²) in [7, 11) is 0. The lowest BCUT2D eigenvalue weighted by atomic mass is 9.48. The van der Waals surface area contributed by atoms with E-state index in [0.29, 0.717) is 17.4 Å². The largest absolute Gasteiger partial charge is 0.377 e. The highest BCUT2D eigenvalue weighted by Gasteiger charge is 2.67. The maximum Gasteiger partial charge on any atom is 0.0691 e. The van der Waals surface area contributed by atoms with Crippen LogP contribution in [0.15, 0.2) is 11.6 Å². The molecule has 0 aromatic heterocycles. The Morgan fingerprint density at radius 2 is 2.10 bits per heavy atom. The molecule has 2 N–H and O–H groups in total. The molecule has 1 saturated heterocycles. The molecule has 2 aliphatic heterocycles. The first-order valence-corrected chi connectivity index (χ1v) is 8.48. The third kappa shape index (κ3) is 2.29. The highest BCUT2D eigenvalue weighted by molar-refractivity contribution is 5.23. The highest BCUT2D eigenvalue weighted by atomic mass is 16.5. The lowest BCUT2D eigenvalue weighted by Gasteiger charge is -2.63. The molecule has 21 heavy (non-hydrogen) atoms. The van der Waals surface area contributed by atoms with Crippen LogP contribution in [-0.2, 0) is 4.74 Å². The maximum atomic E-state index is 6.87. The van der Waals surface area contributed by atoms with Crippen LogP contribution in [0.4, 0.5) is 0 Å². The molecule has 1 saturated carbocycles. The van der Waals surface area contributed by atoms with Crippen molar-refractivity contribution < 1.29 is 4.74 Å². The number of nitrogens with two attached hydrogens (primary N) is 1. The average molecular weight is 292 g/mol. The maximum absolute atomic E-state index is 6.87. The molecule has 0 aromatic rings. The van der Waals surface area contributed by atoms with Crippen molar-refractivity contribution in [1.29, 1.82) is 0 Å². The van der Waals surface area contributed by atoms with Crippen molar-refractivity contribution in [2.75, 3.05) is 26.2 Å². The number of rotatable bonds is 2. The summed E-state index contributed by atoms with van der Waals surface area (Å²) >= 11 is 0. The summed E-state index contributed by atoms with van der Waals surface area (Å²) in [5, 5.41) is 0. The molecule has 3 unspecified atom stereocenters. The zero-order chi connectivity index (χ0) is 15.5.